The van der Waals surface area contributed by atoms with Crippen LogP contribution in [0.3, 0.4) is 0 Å². The van der Waals surface area contributed by atoms with Crippen molar-refractivity contribution in [2.75, 3.05) is 13.2 Å². The van der Waals surface area contributed by atoms with Gasteiger partial charge in [0.05, 0.1) is 6.04 Å². The van der Waals surface area contributed by atoms with Crippen molar-refractivity contribution in [3.8, 4) is 0 Å². The zero-order valence-electron chi connectivity index (χ0n) is 11.7. The first-order chi connectivity index (χ1) is 8.49. The average molecular weight is 273 g/mol. The van der Waals surface area contributed by atoms with Crippen molar-refractivity contribution in [2.45, 2.75) is 51.9 Å². The minimum Gasteiger partial charge on any atom is -0.447 e. The molecule has 1 aliphatic heterocycles. The Morgan fingerprint density at radius 3 is 2.33 bits per heavy atom. The van der Waals surface area contributed by atoms with E-state index in [1.807, 2.05) is 0 Å². The van der Waals surface area contributed by atoms with Gasteiger partial charge >= 0.3 is 6.09 Å². The molecule has 1 heterocycles. The van der Waals surface area contributed by atoms with Crippen molar-refractivity contribution in [2.24, 2.45) is 0 Å². The van der Waals surface area contributed by atoms with Crippen molar-refractivity contribution < 1.29 is 18.8 Å². The molecule has 0 spiro atoms. The molecule has 1 rings (SSSR count). The van der Waals surface area contributed by atoms with Crippen LogP contribution in [0, 0.1) is 0 Å². The molecule has 0 bridgehead atoms. The first-order valence-corrected chi connectivity index (χ1v) is 9.15. The Labute approximate surface area is 110 Å². The maximum Gasteiger partial charge on any atom is 0.417 e. The highest BCUT2D eigenvalue weighted by atomic mass is 28.4. The number of amides is 2. The monoisotopic (exact) mass is 273 g/mol. The summed E-state index contributed by atoms with van der Waals surface area (Å²) in [5.41, 5.74) is 0. The second-order valence-corrected chi connectivity index (χ2v) is 9.50. The Morgan fingerprint density at radius 2 is 1.94 bits per heavy atom. The summed E-state index contributed by atoms with van der Waals surface area (Å²) in [5, 5.41) is 0. The molecule has 6 heteroatoms. The topological polar surface area (TPSA) is 55.8 Å². The number of hydrogen-bond donors (Lipinski definition) is 0. The van der Waals surface area contributed by atoms with E-state index in [-0.39, 0.29) is 25.2 Å². The number of imide groups is 1. The minimum absolute atomic E-state index is 0.00117. The van der Waals surface area contributed by atoms with E-state index < -0.39 is 14.4 Å². The lowest BCUT2D eigenvalue weighted by molar-refractivity contribution is -0.131. The zero-order chi connectivity index (χ0) is 13.8. The zero-order valence-corrected chi connectivity index (χ0v) is 12.7. The molecule has 0 N–H and O–H groups in total. The first-order valence-electron chi connectivity index (χ1n) is 6.62. The van der Waals surface area contributed by atoms with Crippen LogP contribution in [0.25, 0.3) is 0 Å². The summed E-state index contributed by atoms with van der Waals surface area (Å²) in [6.45, 7) is 8.40. The van der Waals surface area contributed by atoms with Crippen molar-refractivity contribution in [3.05, 3.63) is 0 Å². The Hall–Kier alpha value is -0.883. The quantitative estimate of drug-likeness (QED) is 0.697. The molecule has 1 saturated heterocycles. The molecule has 0 radical (unpaired) electrons. The second kappa shape index (κ2) is 6.33. The third-order valence-electron chi connectivity index (χ3n) is 3.79. The number of ether oxygens (including phenoxy) is 1. The van der Waals surface area contributed by atoms with Crippen molar-refractivity contribution >= 4 is 20.3 Å². The average Bonchev–Trinajstić information content (AvgIpc) is 2.71. The lowest BCUT2D eigenvalue weighted by Crippen LogP contribution is -2.44. The van der Waals surface area contributed by atoms with Crippen LogP contribution in [0.5, 0.6) is 0 Å². The summed E-state index contributed by atoms with van der Waals surface area (Å²) in [4.78, 5) is 24.5. The number of nitrogens with zero attached hydrogens (tertiary/aromatic N) is 1. The number of carbonyl (C=O) groups excluding carboxylic acids is 2. The van der Waals surface area contributed by atoms with E-state index in [2.05, 4.69) is 20.8 Å². The van der Waals surface area contributed by atoms with Crippen LogP contribution in [0.4, 0.5) is 4.79 Å². The molecule has 0 aliphatic carbocycles. The molecule has 104 valence electrons. The maximum absolute atomic E-state index is 12.0. The number of carbonyl (C=O) groups is 2. The Kier molecular flexibility index (Phi) is 5.34. The SMILES string of the molecule is CC[Si](CC)(CC)OCC(=O)N1C(=O)OC[C@H]1C. The van der Waals surface area contributed by atoms with Crippen LogP contribution in [0.15, 0.2) is 0 Å². The van der Waals surface area contributed by atoms with Crippen LogP contribution < -0.4 is 0 Å². The van der Waals surface area contributed by atoms with Crippen LogP contribution in [-0.4, -0.2) is 44.5 Å². The lowest BCUT2D eigenvalue weighted by atomic mass is 10.3. The molecule has 0 unspecified atom stereocenters. The van der Waals surface area contributed by atoms with Gasteiger partial charge in [-0.2, -0.15) is 0 Å². The van der Waals surface area contributed by atoms with Crippen LogP contribution in [-0.2, 0) is 14.0 Å². The molecule has 18 heavy (non-hydrogen) atoms. The summed E-state index contributed by atoms with van der Waals surface area (Å²) < 4.78 is 10.7. The fraction of sp³-hybridized carbons (Fsp3) is 0.833. The molecule has 0 aromatic carbocycles. The van der Waals surface area contributed by atoms with Crippen molar-refractivity contribution in [1.82, 2.24) is 4.90 Å². The van der Waals surface area contributed by atoms with E-state index in [1.54, 1.807) is 6.92 Å². The summed E-state index contributed by atoms with van der Waals surface area (Å²) >= 11 is 0. The van der Waals surface area contributed by atoms with E-state index in [9.17, 15) is 9.59 Å². The first kappa shape index (κ1) is 15.2. The van der Waals surface area contributed by atoms with Gasteiger partial charge in [0.25, 0.3) is 5.91 Å². The summed E-state index contributed by atoms with van der Waals surface area (Å²) in [5.74, 6) is -0.280. The van der Waals surface area contributed by atoms with E-state index in [1.165, 1.54) is 4.90 Å². The van der Waals surface area contributed by atoms with Crippen LogP contribution in [0.1, 0.15) is 27.7 Å². The van der Waals surface area contributed by atoms with Gasteiger partial charge in [0, 0.05) is 0 Å². The normalized spacial score (nSPS) is 20.1. The highest BCUT2D eigenvalue weighted by Crippen LogP contribution is 2.22. The smallest absolute Gasteiger partial charge is 0.417 e. The van der Waals surface area contributed by atoms with Gasteiger partial charge in [-0.15, -0.1) is 0 Å². The molecule has 0 saturated carbocycles. The van der Waals surface area contributed by atoms with Crippen molar-refractivity contribution in [1.29, 1.82) is 0 Å². The highest BCUT2D eigenvalue weighted by molar-refractivity contribution is 6.73. The van der Waals surface area contributed by atoms with Gasteiger partial charge in [0.2, 0.25) is 0 Å². The Morgan fingerprint density at radius 1 is 1.39 bits per heavy atom. The maximum atomic E-state index is 12.0. The number of hydrogen-bond acceptors (Lipinski definition) is 4. The largest absolute Gasteiger partial charge is 0.447 e. The number of rotatable bonds is 6. The molecular formula is C12H23NO4Si. The van der Waals surface area contributed by atoms with E-state index >= 15 is 0 Å². The highest BCUT2D eigenvalue weighted by Gasteiger charge is 2.37. The summed E-state index contributed by atoms with van der Waals surface area (Å²) in [6, 6.07) is 2.79. The van der Waals surface area contributed by atoms with Gasteiger partial charge in [0.1, 0.15) is 13.2 Å². The van der Waals surface area contributed by atoms with Crippen LogP contribution >= 0.6 is 0 Å². The van der Waals surface area contributed by atoms with Gasteiger partial charge in [-0.1, -0.05) is 20.8 Å². The summed E-state index contributed by atoms with van der Waals surface area (Å²) in [7, 11) is -1.77. The van der Waals surface area contributed by atoms with Gasteiger partial charge in [-0.25, -0.2) is 9.69 Å². The predicted octanol–water partition coefficient (Wildman–Crippen LogP) is 2.38. The molecule has 5 nitrogen and oxygen atoms in total. The fourth-order valence-corrected chi connectivity index (χ4v) is 4.75. The second-order valence-electron chi connectivity index (χ2n) is 4.72. The molecule has 1 aliphatic rings. The van der Waals surface area contributed by atoms with E-state index in [0.29, 0.717) is 0 Å². The third-order valence-corrected chi connectivity index (χ3v) is 8.41. The standard InChI is InChI=1S/C12H23NO4Si/c1-5-18(6-2,7-3)17-9-11(14)13-10(4)8-16-12(13)15/h10H,5-9H2,1-4H3/t10-/m1/s1. The minimum atomic E-state index is -1.77. The van der Waals surface area contributed by atoms with Crippen LogP contribution in [0.2, 0.25) is 18.1 Å². The molecule has 1 atom stereocenters. The van der Waals surface area contributed by atoms with Gasteiger partial charge < -0.3 is 9.16 Å². The molecule has 2 amide bonds. The fourth-order valence-electron chi connectivity index (χ4n) is 2.20. The predicted molar refractivity (Wildman–Crippen MR) is 70.8 cm³/mol. The third kappa shape index (κ3) is 3.11. The molecule has 1 fully saturated rings. The lowest BCUT2D eigenvalue weighted by Gasteiger charge is -2.28. The van der Waals surface area contributed by atoms with Gasteiger partial charge in [-0.05, 0) is 25.1 Å². The molecule has 0 aromatic heterocycles. The molecule has 0 aromatic rings. The van der Waals surface area contributed by atoms with E-state index in [0.717, 1.165) is 18.1 Å². The van der Waals surface area contributed by atoms with Crippen molar-refractivity contribution in [3.63, 3.8) is 0 Å². The molecular weight excluding hydrogens is 250 g/mol. The van der Waals surface area contributed by atoms with Gasteiger partial charge in [0.15, 0.2) is 8.32 Å². The summed E-state index contributed by atoms with van der Waals surface area (Å²) in [6.07, 6.45) is -0.548. The number of cyclic esters (lactones) is 1. The Bertz CT molecular complexity index is 309. The van der Waals surface area contributed by atoms with E-state index in [4.69, 9.17) is 9.16 Å². The Balaban J connectivity index is 2.57. The van der Waals surface area contributed by atoms with Gasteiger partial charge in [-0.3, -0.25) is 4.79 Å².